The molecule has 0 aliphatic carbocycles. The van der Waals surface area contributed by atoms with Crippen molar-refractivity contribution in [2.75, 3.05) is 11.4 Å². The van der Waals surface area contributed by atoms with E-state index in [4.69, 9.17) is 23.2 Å². The first kappa shape index (κ1) is 12.6. The number of benzene rings is 1. The van der Waals surface area contributed by atoms with Crippen LogP contribution in [-0.4, -0.2) is 16.7 Å². The zero-order valence-corrected chi connectivity index (χ0v) is 11.6. The molecule has 1 aromatic carbocycles. The lowest BCUT2D eigenvalue weighted by Crippen LogP contribution is -2.22. The number of nitrogens with one attached hydrogen (secondary N) is 2. The maximum atomic E-state index is 11.3. The third-order valence-corrected chi connectivity index (χ3v) is 3.84. The van der Waals surface area contributed by atoms with E-state index in [2.05, 4.69) is 15.1 Å². The third kappa shape index (κ3) is 2.51. The van der Waals surface area contributed by atoms with Gasteiger partial charge in [0.1, 0.15) is 0 Å². The Hall–Kier alpha value is -1.39. The molecule has 1 aromatic heterocycles. The summed E-state index contributed by atoms with van der Waals surface area (Å²) >= 11 is 12.1. The molecule has 0 radical (unpaired) electrons. The Balaban J connectivity index is 1.96. The fourth-order valence-electron chi connectivity index (χ4n) is 2.63. The Morgan fingerprint density at radius 2 is 1.84 bits per heavy atom. The molecule has 1 saturated heterocycles. The zero-order valence-electron chi connectivity index (χ0n) is 10.1. The average molecular weight is 298 g/mol. The molecule has 1 aliphatic rings. The lowest BCUT2D eigenvalue weighted by Gasteiger charge is -2.26. The van der Waals surface area contributed by atoms with Crippen molar-refractivity contribution in [3.8, 4) is 0 Å². The maximum Gasteiger partial charge on any atom is 0.264 e. The molecule has 1 atom stereocenters. The highest BCUT2D eigenvalue weighted by molar-refractivity contribution is 6.35. The first-order chi connectivity index (χ1) is 9.13. The molecule has 0 saturated carbocycles. The molecule has 100 valence electrons. The minimum absolute atomic E-state index is 0.106. The van der Waals surface area contributed by atoms with Crippen LogP contribution < -0.4 is 10.5 Å². The highest BCUT2D eigenvalue weighted by atomic mass is 35.5. The van der Waals surface area contributed by atoms with Crippen LogP contribution in [0.15, 0.2) is 29.1 Å². The molecule has 2 N–H and O–H groups in total. The SMILES string of the molecule is O=c1cc(C2CCCN2c2cc(Cl)cc(Cl)c2)[nH][nH]1. The molecule has 1 aliphatic heterocycles. The van der Waals surface area contributed by atoms with E-state index in [0.29, 0.717) is 10.0 Å². The molecular weight excluding hydrogens is 285 g/mol. The van der Waals surface area contributed by atoms with Crippen molar-refractivity contribution in [3.63, 3.8) is 0 Å². The summed E-state index contributed by atoms with van der Waals surface area (Å²) in [6, 6.07) is 7.28. The molecule has 19 heavy (non-hydrogen) atoms. The van der Waals surface area contributed by atoms with E-state index < -0.39 is 0 Å². The Morgan fingerprint density at radius 3 is 2.47 bits per heavy atom. The molecule has 6 heteroatoms. The van der Waals surface area contributed by atoms with Crippen LogP contribution in [0.1, 0.15) is 24.6 Å². The number of hydrogen-bond donors (Lipinski definition) is 2. The van der Waals surface area contributed by atoms with Crippen molar-refractivity contribution in [1.82, 2.24) is 10.2 Å². The largest absolute Gasteiger partial charge is 0.363 e. The summed E-state index contributed by atoms with van der Waals surface area (Å²) in [6.07, 6.45) is 2.07. The fraction of sp³-hybridized carbons (Fsp3) is 0.308. The Kier molecular flexibility index (Phi) is 3.29. The Labute approximate surface area is 120 Å². The minimum Gasteiger partial charge on any atom is -0.363 e. The number of halogens is 2. The van der Waals surface area contributed by atoms with Crippen molar-refractivity contribution in [2.45, 2.75) is 18.9 Å². The van der Waals surface area contributed by atoms with Gasteiger partial charge in [0.15, 0.2) is 0 Å². The fourth-order valence-corrected chi connectivity index (χ4v) is 3.15. The summed E-state index contributed by atoms with van der Waals surface area (Å²) in [5.74, 6) is 0. The van der Waals surface area contributed by atoms with Gasteiger partial charge in [0.05, 0.1) is 11.7 Å². The lowest BCUT2D eigenvalue weighted by molar-refractivity contribution is 0.690. The molecule has 0 bridgehead atoms. The predicted molar refractivity (Wildman–Crippen MR) is 77.2 cm³/mol. The van der Waals surface area contributed by atoms with E-state index >= 15 is 0 Å². The van der Waals surface area contributed by atoms with Crippen LogP contribution in [0, 0.1) is 0 Å². The van der Waals surface area contributed by atoms with Crippen LogP contribution in [0.3, 0.4) is 0 Å². The normalized spacial score (nSPS) is 19.1. The maximum absolute atomic E-state index is 11.3. The average Bonchev–Trinajstić information content (AvgIpc) is 2.95. The smallest absolute Gasteiger partial charge is 0.264 e. The number of H-pyrrole nitrogens is 2. The number of rotatable bonds is 2. The molecule has 0 amide bonds. The molecular formula is C13H13Cl2N3O. The monoisotopic (exact) mass is 297 g/mol. The first-order valence-corrected chi connectivity index (χ1v) is 6.89. The molecule has 2 heterocycles. The third-order valence-electron chi connectivity index (χ3n) is 3.41. The quantitative estimate of drug-likeness (QED) is 0.893. The second-order valence-corrected chi connectivity index (χ2v) is 5.57. The van der Waals surface area contributed by atoms with Crippen molar-refractivity contribution in [2.24, 2.45) is 0 Å². The van der Waals surface area contributed by atoms with Crippen molar-refractivity contribution in [1.29, 1.82) is 0 Å². The van der Waals surface area contributed by atoms with Crippen molar-refractivity contribution >= 4 is 28.9 Å². The topological polar surface area (TPSA) is 51.9 Å². The van der Waals surface area contributed by atoms with Gasteiger partial charge in [-0.15, -0.1) is 0 Å². The summed E-state index contributed by atoms with van der Waals surface area (Å²) in [6.45, 7) is 0.925. The van der Waals surface area contributed by atoms with Crippen LogP contribution >= 0.6 is 23.2 Å². The van der Waals surface area contributed by atoms with Gasteiger partial charge in [0.25, 0.3) is 5.56 Å². The first-order valence-electron chi connectivity index (χ1n) is 6.14. The second-order valence-electron chi connectivity index (χ2n) is 4.69. The molecule has 1 unspecified atom stereocenters. The van der Waals surface area contributed by atoms with E-state index in [9.17, 15) is 4.79 Å². The number of aromatic amines is 2. The molecule has 0 spiro atoms. The summed E-state index contributed by atoms with van der Waals surface area (Å²) in [5, 5.41) is 6.75. The van der Waals surface area contributed by atoms with Gasteiger partial charge >= 0.3 is 0 Å². The van der Waals surface area contributed by atoms with Gasteiger partial charge in [0, 0.05) is 28.3 Å². The molecule has 1 fully saturated rings. The van der Waals surface area contributed by atoms with Gasteiger partial charge in [-0.3, -0.25) is 9.89 Å². The van der Waals surface area contributed by atoms with Gasteiger partial charge in [-0.25, -0.2) is 0 Å². The van der Waals surface area contributed by atoms with Crippen molar-refractivity contribution < 1.29 is 0 Å². The molecule has 4 nitrogen and oxygen atoms in total. The van der Waals surface area contributed by atoms with Crippen LogP contribution in [0.4, 0.5) is 5.69 Å². The number of hydrogen-bond acceptors (Lipinski definition) is 2. The summed E-state index contributed by atoms with van der Waals surface area (Å²) in [4.78, 5) is 13.5. The summed E-state index contributed by atoms with van der Waals surface area (Å²) < 4.78 is 0. The van der Waals surface area contributed by atoms with Gasteiger partial charge in [-0.2, -0.15) is 0 Å². The van der Waals surface area contributed by atoms with Crippen LogP contribution in [0.2, 0.25) is 10.0 Å². The highest BCUT2D eigenvalue weighted by Gasteiger charge is 2.27. The number of nitrogens with zero attached hydrogens (tertiary/aromatic N) is 1. The van der Waals surface area contributed by atoms with Crippen molar-refractivity contribution in [3.05, 3.63) is 50.4 Å². The Morgan fingerprint density at radius 1 is 1.11 bits per heavy atom. The van der Waals surface area contributed by atoms with Gasteiger partial charge in [0.2, 0.25) is 0 Å². The van der Waals surface area contributed by atoms with E-state index in [-0.39, 0.29) is 11.6 Å². The van der Waals surface area contributed by atoms with E-state index in [1.165, 1.54) is 0 Å². The van der Waals surface area contributed by atoms with Crippen LogP contribution in [0.5, 0.6) is 0 Å². The minimum atomic E-state index is -0.106. The van der Waals surface area contributed by atoms with Gasteiger partial charge in [-0.1, -0.05) is 23.2 Å². The highest BCUT2D eigenvalue weighted by Crippen LogP contribution is 2.37. The zero-order chi connectivity index (χ0) is 13.4. The lowest BCUT2D eigenvalue weighted by atomic mass is 10.1. The second kappa shape index (κ2) is 4.94. The molecule has 3 rings (SSSR count). The number of anilines is 1. The molecule has 2 aromatic rings. The van der Waals surface area contributed by atoms with Gasteiger partial charge in [-0.05, 0) is 31.0 Å². The standard InChI is InChI=1S/C13H13Cl2N3O/c14-8-4-9(15)6-10(5-8)18-3-1-2-12(18)11-7-13(19)17-16-11/h4-7,12H,1-3H2,(H2,16,17,19). The van der Waals surface area contributed by atoms with Gasteiger partial charge < -0.3 is 10.00 Å². The predicted octanol–water partition coefficient (Wildman–Crippen LogP) is 3.35. The van der Waals surface area contributed by atoms with E-state index in [1.807, 2.05) is 12.1 Å². The van der Waals surface area contributed by atoms with Crippen LogP contribution in [-0.2, 0) is 0 Å². The van der Waals surface area contributed by atoms with E-state index in [1.54, 1.807) is 12.1 Å². The summed E-state index contributed by atoms with van der Waals surface area (Å²) in [7, 11) is 0. The van der Waals surface area contributed by atoms with Crippen LogP contribution in [0.25, 0.3) is 0 Å². The summed E-state index contributed by atoms with van der Waals surface area (Å²) in [5.41, 5.74) is 1.78. The van der Waals surface area contributed by atoms with E-state index in [0.717, 1.165) is 30.8 Å². The number of aromatic nitrogens is 2. The Bertz CT molecular complexity index is 629.